The van der Waals surface area contributed by atoms with Crippen LogP contribution in [0.3, 0.4) is 0 Å². The van der Waals surface area contributed by atoms with Crippen LogP contribution in [0.2, 0.25) is 0 Å². The number of hydrogen-bond acceptors (Lipinski definition) is 17. The molecule has 0 amide bonds. The minimum Gasteiger partial charge on any atom is -0.394 e. The van der Waals surface area contributed by atoms with Crippen LogP contribution in [-0.2, 0) is 14.2 Å². The van der Waals surface area contributed by atoms with Gasteiger partial charge in [-0.3, -0.25) is 0 Å². The van der Waals surface area contributed by atoms with Crippen LogP contribution >= 0.6 is 0 Å². The molecule has 3 fully saturated rings. The summed E-state index contributed by atoms with van der Waals surface area (Å²) in [6.07, 6.45) is -16.9. The molecule has 0 aromatic rings. The zero-order chi connectivity index (χ0) is 30.4. The van der Waals surface area contributed by atoms with Crippen molar-refractivity contribution in [1.82, 2.24) is 10.6 Å². The van der Waals surface area contributed by atoms with E-state index in [1.165, 1.54) is 0 Å². The number of ether oxygens (including phenoxy) is 3. The third-order valence-corrected chi connectivity index (χ3v) is 8.11. The molecule has 41 heavy (non-hydrogen) atoms. The lowest BCUT2D eigenvalue weighted by Gasteiger charge is -2.51. The maximum Gasteiger partial charge on any atom is 0.184 e. The first-order valence-electron chi connectivity index (χ1n) is 14.0. The number of aliphatic hydroxyl groups excluding tert-OH is 10. The highest BCUT2D eigenvalue weighted by Crippen LogP contribution is 2.37. The van der Waals surface area contributed by atoms with Crippen LogP contribution in [0.1, 0.15) is 12.8 Å². The first-order valence-corrected chi connectivity index (χ1v) is 14.0. The van der Waals surface area contributed by atoms with Gasteiger partial charge in [-0.2, -0.15) is 0 Å². The van der Waals surface area contributed by atoms with Gasteiger partial charge in [0.25, 0.3) is 0 Å². The van der Waals surface area contributed by atoms with Gasteiger partial charge in [0, 0.05) is 50.6 Å². The van der Waals surface area contributed by atoms with E-state index in [0.29, 0.717) is 0 Å². The van der Waals surface area contributed by atoms with Gasteiger partial charge in [0.15, 0.2) is 6.29 Å². The topological polar surface area (TPSA) is 306 Å². The summed E-state index contributed by atoms with van der Waals surface area (Å²) in [5, 5.41) is 108. The molecule has 16 atom stereocenters. The average Bonchev–Trinajstić information content (AvgIpc) is 2.94. The van der Waals surface area contributed by atoms with E-state index >= 15 is 0 Å². The van der Waals surface area contributed by atoms with Gasteiger partial charge in [-0.1, -0.05) is 0 Å². The van der Waals surface area contributed by atoms with Crippen molar-refractivity contribution in [2.75, 3.05) is 39.4 Å². The van der Waals surface area contributed by atoms with Gasteiger partial charge in [-0.15, -0.1) is 0 Å². The second-order valence-corrected chi connectivity index (χ2v) is 11.2. The Morgan fingerprint density at radius 1 is 0.829 bits per heavy atom. The third kappa shape index (κ3) is 8.49. The van der Waals surface area contributed by atoms with Crippen molar-refractivity contribution >= 4 is 0 Å². The molecule has 0 spiro atoms. The molecule has 0 bridgehead atoms. The summed E-state index contributed by atoms with van der Waals surface area (Å²) in [7, 11) is 0. The zero-order valence-electron chi connectivity index (χ0n) is 22.7. The second-order valence-electron chi connectivity index (χ2n) is 11.2. The lowest BCUT2D eigenvalue weighted by molar-refractivity contribution is -0.306. The predicted molar refractivity (Wildman–Crippen MR) is 139 cm³/mol. The summed E-state index contributed by atoms with van der Waals surface area (Å²) in [6, 6.07) is -1.57. The second kappa shape index (κ2) is 15.9. The van der Waals surface area contributed by atoms with Crippen molar-refractivity contribution in [1.29, 1.82) is 0 Å². The Morgan fingerprint density at radius 2 is 1.54 bits per heavy atom. The van der Waals surface area contributed by atoms with Gasteiger partial charge in [-0.05, 0) is 6.42 Å². The van der Waals surface area contributed by atoms with Crippen LogP contribution in [-0.4, -0.2) is 182 Å². The summed E-state index contributed by atoms with van der Waals surface area (Å²) in [4.78, 5) is 0. The summed E-state index contributed by atoms with van der Waals surface area (Å²) >= 11 is 0. The summed E-state index contributed by atoms with van der Waals surface area (Å²) in [6.45, 7) is -1.20. The molecule has 0 aromatic heterocycles. The fourth-order valence-corrected chi connectivity index (χ4v) is 5.71. The van der Waals surface area contributed by atoms with E-state index in [1.54, 1.807) is 0 Å². The lowest BCUT2D eigenvalue weighted by atomic mass is 9.72. The molecule has 3 unspecified atom stereocenters. The molecule has 16 N–H and O–H groups in total. The molecule has 1 saturated carbocycles. The monoisotopic (exact) mass is 600 g/mol. The van der Waals surface area contributed by atoms with Gasteiger partial charge < -0.3 is 87.4 Å². The van der Waals surface area contributed by atoms with Crippen molar-refractivity contribution in [3.63, 3.8) is 0 Å². The molecule has 17 nitrogen and oxygen atoms in total. The fourth-order valence-electron chi connectivity index (χ4n) is 5.71. The molecular formula is C24H48N4O13. The van der Waals surface area contributed by atoms with E-state index in [4.69, 9.17) is 30.8 Å². The smallest absolute Gasteiger partial charge is 0.184 e. The summed E-state index contributed by atoms with van der Waals surface area (Å²) in [5.74, 6) is -1.07. The third-order valence-electron chi connectivity index (χ3n) is 8.11. The van der Waals surface area contributed by atoms with Gasteiger partial charge in [0.1, 0.15) is 36.6 Å². The van der Waals surface area contributed by atoms with E-state index in [-0.39, 0.29) is 39.0 Å². The predicted octanol–water partition coefficient (Wildman–Crippen LogP) is -8.02. The van der Waals surface area contributed by atoms with E-state index in [1.807, 2.05) is 0 Å². The molecular weight excluding hydrogens is 552 g/mol. The number of hydrogen-bond donors (Lipinski definition) is 14. The summed E-state index contributed by atoms with van der Waals surface area (Å²) in [5.41, 5.74) is 12.0. The van der Waals surface area contributed by atoms with E-state index in [2.05, 4.69) is 10.6 Å². The molecule has 2 heterocycles. The first kappa shape index (κ1) is 34.8. The quantitative estimate of drug-likeness (QED) is 0.0933. The fraction of sp³-hybridized carbons (Fsp3) is 1.00. The van der Waals surface area contributed by atoms with E-state index < -0.39 is 111 Å². The molecule has 0 radical (unpaired) electrons. The molecule has 2 saturated heterocycles. The highest BCUT2D eigenvalue weighted by molar-refractivity contribution is 5.06. The Labute approximate surface area is 237 Å². The Hall–Kier alpha value is -0.680. The highest BCUT2D eigenvalue weighted by atomic mass is 16.7. The first-order chi connectivity index (χ1) is 19.4. The van der Waals surface area contributed by atoms with Crippen molar-refractivity contribution < 1.29 is 65.3 Å². The van der Waals surface area contributed by atoms with E-state index in [9.17, 15) is 46.0 Å². The van der Waals surface area contributed by atoms with Crippen molar-refractivity contribution in [3.05, 3.63) is 0 Å². The Kier molecular flexibility index (Phi) is 13.5. The molecule has 1 aliphatic carbocycles. The van der Waals surface area contributed by atoms with Crippen molar-refractivity contribution in [3.8, 4) is 0 Å². The molecule has 3 rings (SSSR count). The minimum absolute atomic E-state index is 0.0120. The maximum atomic E-state index is 11.6. The molecule has 3 aliphatic rings. The van der Waals surface area contributed by atoms with Gasteiger partial charge in [0.2, 0.25) is 0 Å². The largest absolute Gasteiger partial charge is 0.394 e. The van der Waals surface area contributed by atoms with Crippen molar-refractivity contribution in [2.45, 2.75) is 104 Å². The average molecular weight is 601 g/mol. The Balaban J connectivity index is 1.82. The maximum absolute atomic E-state index is 11.6. The highest BCUT2D eigenvalue weighted by Gasteiger charge is 2.55. The molecule has 17 heteroatoms. The van der Waals surface area contributed by atoms with Gasteiger partial charge in [0.05, 0.1) is 49.8 Å². The van der Waals surface area contributed by atoms with Gasteiger partial charge in [-0.25, -0.2) is 0 Å². The van der Waals surface area contributed by atoms with Crippen LogP contribution < -0.4 is 22.1 Å². The van der Waals surface area contributed by atoms with Crippen LogP contribution in [0.5, 0.6) is 0 Å². The van der Waals surface area contributed by atoms with Crippen LogP contribution in [0.4, 0.5) is 0 Å². The zero-order valence-corrected chi connectivity index (χ0v) is 22.7. The number of aliphatic hydroxyl groups is 10. The lowest BCUT2D eigenvalue weighted by Crippen LogP contribution is -2.70. The minimum atomic E-state index is -1.67. The molecule has 2 aliphatic heterocycles. The standard InChI is InChI=1S/C24H48N4O13/c25-3-9(31)5-28-12-1-11(26)17(19(36)22(12)41-24-14(34)2-13(33)16(8-30)40-24)23-21(38)20(37)18(35)15(39-23)6-27-4-10(32)7-29/h9-24,27-38H,1-8,25-26H2/t9?,10?,11-,12+,13-,14+,15+,16+,17?,18+,19-,20-,21+,22-,23+,24+/m0/s1. The number of rotatable bonds is 13. The summed E-state index contributed by atoms with van der Waals surface area (Å²) < 4.78 is 17.5. The SMILES string of the molecule is NCC(O)CN[C@@H]1C[C@H](N)C([C@H]2O[C@H](CNCC(O)CO)[C@@H](O)[C@H](O)[C@H]2O)[C@H](O)[C@H]1O[C@H]1O[C@H](CO)[C@@H](O)C[C@H]1O. The molecule has 242 valence electrons. The van der Waals surface area contributed by atoms with Crippen LogP contribution in [0.25, 0.3) is 0 Å². The normalized spacial score (nSPS) is 45.4. The Morgan fingerprint density at radius 3 is 2.17 bits per heavy atom. The van der Waals surface area contributed by atoms with E-state index in [0.717, 1.165) is 0 Å². The number of nitrogens with two attached hydrogens (primary N) is 2. The number of nitrogens with one attached hydrogen (secondary N) is 2. The van der Waals surface area contributed by atoms with Crippen LogP contribution in [0, 0.1) is 5.92 Å². The Bertz CT molecular complexity index is 777. The van der Waals surface area contributed by atoms with Crippen molar-refractivity contribution in [2.24, 2.45) is 17.4 Å². The molecule has 0 aromatic carbocycles. The van der Waals surface area contributed by atoms with Crippen LogP contribution in [0.15, 0.2) is 0 Å². The van der Waals surface area contributed by atoms with Gasteiger partial charge >= 0.3 is 0 Å².